The zero-order valence-electron chi connectivity index (χ0n) is 21.0. The number of hydrogen-bond donors (Lipinski definition) is 1. The fourth-order valence-electron chi connectivity index (χ4n) is 4.79. The minimum absolute atomic E-state index is 0.249. The van der Waals surface area contributed by atoms with Crippen molar-refractivity contribution in [3.8, 4) is 28.3 Å². The minimum atomic E-state index is -0.714. The Morgan fingerprint density at radius 3 is 2.22 bits per heavy atom. The Balaban J connectivity index is 1.54. The van der Waals surface area contributed by atoms with Gasteiger partial charge in [-0.1, -0.05) is 42.7 Å². The maximum Gasteiger partial charge on any atom is 0.303 e. The molecule has 0 aliphatic heterocycles. The van der Waals surface area contributed by atoms with Crippen LogP contribution in [0.15, 0.2) is 54.6 Å². The predicted octanol–water partition coefficient (Wildman–Crippen LogP) is 6.99. The van der Waals surface area contributed by atoms with E-state index >= 15 is 0 Å². The predicted molar refractivity (Wildman–Crippen MR) is 142 cm³/mol. The smallest absolute Gasteiger partial charge is 0.303 e. The summed E-state index contributed by atoms with van der Waals surface area (Å²) in [4.78, 5) is 21.2. The average molecular weight is 484 g/mol. The van der Waals surface area contributed by atoms with Crippen molar-refractivity contribution in [2.45, 2.75) is 64.3 Å². The summed E-state index contributed by atoms with van der Waals surface area (Å²) in [5.41, 5.74) is 8.24. The monoisotopic (exact) mass is 483 g/mol. The quantitative estimate of drug-likeness (QED) is 0.233. The van der Waals surface area contributed by atoms with Crippen LogP contribution in [0.3, 0.4) is 0 Å². The Morgan fingerprint density at radius 1 is 0.944 bits per heavy atom. The third-order valence-electron chi connectivity index (χ3n) is 6.96. The summed E-state index contributed by atoms with van der Waals surface area (Å²) >= 11 is 0. The lowest BCUT2D eigenvalue weighted by atomic mass is 10.0. The number of carboxylic acids is 1. The lowest BCUT2D eigenvalue weighted by molar-refractivity contribution is -0.137. The van der Waals surface area contributed by atoms with Gasteiger partial charge in [-0.15, -0.1) is 0 Å². The highest BCUT2D eigenvalue weighted by atomic mass is 16.5. The van der Waals surface area contributed by atoms with Gasteiger partial charge >= 0.3 is 5.97 Å². The van der Waals surface area contributed by atoms with Crippen molar-refractivity contribution in [2.24, 2.45) is 0 Å². The van der Waals surface area contributed by atoms with Gasteiger partial charge in [0.25, 0.3) is 0 Å². The molecule has 36 heavy (non-hydrogen) atoms. The second-order valence-electron chi connectivity index (χ2n) is 9.78. The molecule has 2 heterocycles. The molecule has 1 aliphatic carbocycles. The molecule has 6 heteroatoms. The maximum absolute atomic E-state index is 10.8. The number of aromatic nitrogens is 3. The molecule has 2 aromatic carbocycles. The molecule has 4 aromatic rings. The van der Waals surface area contributed by atoms with Crippen molar-refractivity contribution in [2.75, 3.05) is 7.11 Å². The van der Waals surface area contributed by atoms with Crippen molar-refractivity contribution in [3.05, 3.63) is 65.9 Å². The number of aryl methyl sites for hydroxylation is 2. The Morgan fingerprint density at radius 2 is 1.58 bits per heavy atom. The first-order chi connectivity index (χ1) is 17.5. The molecule has 0 unspecified atom stereocenters. The van der Waals surface area contributed by atoms with Crippen LogP contribution in [-0.4, -0.2) is 32.7 Å². The summed E-state index contributed by atoms with van der Waals surface area (Å²) in [6.07, 6.45) is 6.37. The summed E-state index contributed by atoms with van der Waals surface area (Å²) in [5.74, 6) is 0.685. The van der Waals surface area contributed by atoms with Gasteiger partial charge in [-0.3, -0.25) is 4.79 Å². The number of rotatable bonds is 11. The standard InChI is InChI=1S/C30H33N3O3/c1-20-8-10-22(11-9-20)29-28(23-14-16-24(36-2)17-15-23)31-25-19-26(21-12-13-21)33(30(25)32-29)18-6-4-3-5-7-27(34)35/h8-11,14-17,19,21H,3-7,12-13,18H2,1-2H3,(H,34,35). The fourth-order valence-corrected chi connectivity index (χ4v) is 4.79. The first-order valence-corrected chi connectivity index (χ1v) is 12.9. The van der Waals surface area contributed by atoms with Crippen LogP contribution >= 0.6 is 0 Å². The Bertz CT molecular complexity index is 1350. The Kier molecular flexibility index (Phi) is 7.03. The molecule has 1 fully saturated rings. The zero-order chi connectivity index (χ0) is 25.1. The highest BCUT2D eigenvalue weighted by molar-refractivity contribution is 5.86. The number of ether oxygens (including phenoxy) is 1. The van der Waals surface area contributed by atoms with Gasteiger partial charge < -0.3 is 14.4 Å². The van der Waals surface area contributed by atoms with Gasteiger partial charge in [0.05, 0.1) is 18.5 Å². The number of methoxy groups -OCH3 is 1. The topological polar surface area (TPSA) is 77.2 Å². The fraction of sp³-hybridized carbons (Fsp3) is 0.367. The molecule has 2 aromatic heterocycles. The third kappa shape index (κ3) is 5.27. The number of nitrogens with zero attached hydrogens (tertiary/aromatic N) is 3. The van der Waals surface area contributed by atoms with Crippen LogP contribution < -0.4 is 4.74 Å². The highest BCUT2D eigenvalue weighted by Crippen LogP contribution is 2.43. The van der Waals surface area contributed by atoms with Gasteiger partial charge in [-0.25, -0.2) is 9.97 Å². The molecule has 1 N–H and O–H groups in total. The van der Waals surface area contributed by atoms with Crippen LogP contribution in [0.25, 0.3) is 33.7 Å². The largest absolute Gasteiger partial charge is 0.497 e. The maximum atomic E-state index is 10.8. The van der Waals surface area contributed by atoms with E-state index in [1.54, 1.807) is 7.11 Å². The van der Waals surface area contributed by atoms with Gasteiger partial charge in [-0.05, 0) is 68.9 Å². The number of carbonyl (C=O) groups is 1. The van der Waals surface area contributed by atoms with E-state index in [9.17, 15) is 4.79 Å². The van der Waals surface area contributed by atoms with E-state index in [1.165, 1.54) is 24.1 Å². The van der Waals surface area contributed by atoms with Crippen LogP contribution in [0, 0.1) is 6.92 Å². The Labute approximate surface area is 212 Å². The van der Waals surface area contributed by atoms with E-state index in [4.69, 9.17) is 19.8 Å². The second-order valence-corrected chi connectivity index (χ2v) is 9.78. The molecule has 186 valence electrons. The van der Waals surface area contributed by atoms with Crippen LogP contribution in [0.1, 0.15) is 62.1 Å². The van der Waals surface area contributed by atoms with Gasteiger partial charge in [0.2, 0.25) is 0 Å². The molecule has 0 amide bonds. The number of fused-ring (bicyclic) bond motifs is 1. The van der Waals surface area contributed by atoms with Gasteiger partial charge in [0.15, 0.2) is 5.65 Å². The zero-order valence-corrected chi connectivity index (χ0v) is 21.0. The normalized spacial score (nSPS) is 13.3. The molecule has 0 saturated heterocycles. The lowest BCUT2D eigenvalue weighted by Gasteiger charge is -2.13. The van der Waals surface area contributed by atoms with Gasteiger partial charge in [-0.2, -0.15) is 0 Å². The van der Waals surface area contributed by atoms with E-state index < -0.39 is 5.97 Å². The third-order valence-corrected chi connectivity index (χ3v) is 6.96. The summed E-state index contributed by atoms with van der Waals surface area (Å²) < 4.78 is 7.73. The number of aliphatic carboxylic acids is 1. The molecular weight excluding hydrogens is 450 g/mol. The van der Waals surface area contributed by atoms with Gasteiger partial charge in [0.1, 0.15) is 11.3 Å². The van der Waals surface area contributed by atoms with E-state index in [1.807, 2.05) is 24.3 Å². The van der Waals surface area contributed by atoms with Crippen LogP contribution in [0.5, 0.6) is 5.75 Å². The van der Waals surface area contributed by atoms with E-state index in [2.05, 4.69) is 41.8 Å². The SMILES string of the molecule is COc1ccc(-c2nc3cc(C4CC4)n(CCCCCCC(=O)O)c3nc2-c2ccc(C)cc2)cc1. The van der Waals surface area contributed by atoms with Gasteiger partial charge in [0, 0.05) is 29.8 Å². The average Bonchev–Trinajstić information content (AvgIpc) is 3.67. The molecule has 0 bridgehead atoms. The summed E-state index contributed by atoms with van der Waals surface area (Å²) in [5, 5.41) is 8.88. The summed E-state index contributed by atoms with van der Waals surface area (Å²) in [7, 11) is 1.67. The van der Waals surface area contributed by atoms with Crippen molar-refractivity contribution in [1.29, 1.82) is 0 Å². The second kappa shape index (κ2) is 10.5. The lowest BCUT2D eigenvalue weighted by Crippen LogP contribution is -2.05. The number of carboxylic acid groups (broad SMARTS) is 1. The van der Waals surface area contributed by atoms with Crippen molar-refractivity contribution in [1.82, 2.24) is 14.5 Å². The molecule has 0 spiro atoms. The Hall–Kier alpha value is -3.67. The summed E-state index contributed by atoms with van der Waals surface area (Å²) in [6, 6.07) is 18.7. The van der Waals surface area contributed by atoms with E-state index in [0.29, 0.717) is 5.92 Å². The van der Waals surface area contributed by atoms with Crippen molar-refractivity contribution >= 4 is 17.1 Å². The molecule has 0 radical (unpaired) electrons. The molecule has 1 saturated carbocycles. The molecule has 0 atom stereocenters. The van der Waals surface area contributed by atoms with E-state index in [0.717, 1.165) is 71.7 Å². The molecule has 5 rings (SSSR count). The first kappa shape index (κ1) is 24.0. The molecule has 1 aliphatic rings. The summed E-state index contributed by atoms with van der Waals surface area (Å²) in [6.45, 7) is 2.97. The van der Waals surface area contributed by atoms with Crippen molar-refractivity contribution < 1.29 is 14.6 Å². The van der Waals surface area contributed by atoms with E-state index in [-0.39, 0.29) is 6.42 Å². The minimum Gasteiger partial charge on any atom is -0.497 e. The van der Waals surface area contributed by atoms with Crippen LogP contribution in [0.4, 0.5) is 0 Å². The number of hydrogen-bond acceptors (Lipinski definition) is 4. The molecule has 6 nitrogen and oxygen atoms in total. The first-order valence-electron chi connectivity index (χ1n) is 12.9. The molecular formula is C30H33N3O3. The van der Waals surface area contributed by atoms with Crippen LogP contribution in [0.2, 0.25) is 0 Å². The number of benzene rings is 2. The number of unbranched alkanes of at least 4 members (excludes halogenated alkanes) is 3. The highest BCUT2D eigenvalue weighted by Gasteiger charge is 2.29. The van der Waals surface area contributed by atoms with Crippen LogP contribution in [-0.2, 0) is 11.3 Å². The van der Waals surface area contributed by atoms with Crippen molar-refractivity contribution in [3.63, 3.8) is 0 Å².